The zero-order chi connectivity index (χ0) is 26.5. The lowest BCUT2D eigenvalue weighted by molar-refractivity contribution is -0.134. The van der Waals surface area contributed by atoms with Crippen molar-refractivity contribution < 1.29 is 18.4 Å². The molecule has 5 nitrogen and oxygen atoms in total. The molecule has 0 atom stereocenters. The summed E-state index contributed by atoms with van der Waals surface area (Å²) in [6, 6.07) is 23.1. The maximum Gasteiger partial charge on any atom is 0.250 e. The fraction of sp³-hybridized carbons (Fsp3) is 0.355. The molecule has 7 heteroatoms. The topological polar surface area (TPSA) is 43.9 Å². The van der Waals surface area contributed by atoms with E-state index in [1.807, 2.05) is 35.2 Å². The largest absolute Gasteiger partial charge is 0.339 e. The van der Waals surface area contributed by atoms with E-state index in [0.29, 0.717) is 43.6 Å². The SMILES string of the molecule is O=C(CCCN1CCC2(CC1)C(=O)N(Cc1ccc(C[18F])cc1)CN2c1ccccc1)c1ccc(F)cc1. The summed E-state index contributed by atoms with van der Waals surface area (Å²) >= 11 is 0. The van der Waals surface area contributed by atoms with Crippen molar-refractivity contribution in [3.05, 3.63) is 101 Å². The number of benzene rings is 3. The molecule has 0 aromatic heterocycles. The van der Waals surface area contributed by atoms with Gasteiger partial charge in [-0.2, -0.15) is 0 Å². The number of piperidine rings is 1. The van der Waals surface area contributed by atoms with Gasteiger partial charge in [-0.05, 0) is 73.3 Å². The van der Waals surface area contributed by atoms with Gasteiger partial charge in [-0.1, -0.05) is 42.5 Å². The highest BCUT2D eigenvalue weighted by molar-refractivity contribution is 5.96. The number of halogens is 2. The van der Waals surface area contributed by atoms with Crippen LogP contribution in [-0.2, 0) is 18.0 Å². The van der Waals surface area contributed by atoms with Crippen molar-refractivity contribution in [1.29, 1.82) is 0 Å². The summed E-state index contributed by atoms with van der Waals surface area (Å²) in [5, 5.41) is 0. The lowest BCUT2D eigenvalue weighted by atomic mass is 9.85. The van der Waals surface area contributed by atoms with E-state index in [-0.39, 0.29) is 17.5 Å². The lowest BCUT2D eigenvalue weighted by Crippen LogP contribution is -2.56. The average molecular weight is 517 g/mol. The minimum atomic E-state index is -0.597. The monoisotopic (exact) mass is 516 g/mol. The normalized spacial score (nSPS) is 17.4. The van der Waals surface area contributed by atoms with Gasteiger partial charge in [-0.15, -0.1) is 0 Å². The first-order valence-corrected chi connectivity index (χ1v) is 13.3. The van der Waals surface area contributed by atoms with Crippen LogP contribution >= 0.6 is 0 Å². The lowest BCUT2D eigenvalue weighted by Gasteiger charge is -2.43. The minimum absolute atomic E-state index is 0.0230. The molecule has 0 N–H and O–H groups in total. The van der Waals surface area contributed by atoms with Gasteiger partial charge in [-0.3, -0.25) is 9.59 Å². The van der Waals surface area contributed by atoms with E-state index in [1.54, 1.807) is 12.1 Å². The van der Waals surface area contributed by atoms with Gasteiger partial charge in [0.1, 0.15) is 18.0 Å². The van der Waals surface area contributed by atoms with Crippen LogP contribution in [0.15, 0.2) is 78.9 Å². The fourth-order valence-corrected chi connectivity index (χ4v) is 5.67. The van der Waals surface area contributed by atoms with Crippen LogP contribution in [0.3, 0.4) is 0 Å². The first-order chi connectivity index (χ1) is 18.5. The molecule has 38 heavy (non-hydrogen) atoms. The quantitative estimate of drug-likeness (QED) is 0.348. The Hall–Kier alpha value is -3.58. The number of hydrogen-bond acceptors (Lipinski definition) is 4. The van der Waals surface area contributed by atoms with Crippen LogP contribution < -0.4 is 4.90 Å². The third kappa shape index (κ3) is 5.48. The number of hydrogen-bond donors (Lipinski definition) is 0. The molecule has 2 saturated heterocycles. The Kier molecular flexibility index (Phi) is 7.84. The summed E-state index contributed by atoms with van der Waals surface area (Å²) in [5.41, 5.74) is 2.60. The summed E-state index contributed by atoms with van der Waals surface area (Å²) in [6.07, 6.45) is 2.56. The van der Waals surface area contributed by atoms with Crippen molar-refractivity contribution in [2.24, 2.45) is 0 Å². The maximum absolute atomic E-state index is 13.9. The molecule has 3 aromatic rings. The molecule has 2 fully saturated rings. The highest BCUT2D eigenvalue weighted by atomic mass is 19.1. The van der Waals surface area contributed by atoms with E-state index in [1.165, 1.54) is 24.3 Å². The van der Waals surface area contributed by atoms with Gasteiger partial charge in [0.15, 0.2) is 5.78 Å². The van der Waals surface area contributed by atoms with Crippen molar-refractivity contribution in [3.8, 4) is 0 Å². The van der Waals surface area contributed by atoms with Crippen LogP contribution in [0.2, 0.25) is 0 Å². The zero-order valence-corrected chi connectivity index (χ0v) is 21.5. The Labute approximate surface area is 222 Å². The van der Waals surface area contributed by atoms with Crippen LogP contribution in [0.5, 0.6) is 0 Å². The molecular formula is C31H33F2N3O2. The summed E-state index contributed by atoms with van der Waals surface area (Å²) in [4.78, 5) is 32.9. The molecule has 1 spiro atoms. The van der Waals surface area contributed by atoms with Crippen molar-refractivity contribution >= 4 is 17.4 Å². The third-order valence-electron chi connectivity index (χ3n) is 7.86. The Balaban J connectivity index is 1.23. The number of nitrogens with zero attached hydrogens (tertiary/aromatic N) is 3. The molecule has 2 aliphatic rings. The second kappa shape index (κ2) is 11.4. The van der Waals surface area contributed by atoms with E-state index in [9.17, 15) is 18.4 Å². The first-order valence-electron chi connectivity index (χ1n) is 13.3. The van der Waals surface area contributed by atoms with Gasteiger partial charge in [0.05, 0.1) is 6.67 Å². The van der Waals surface area contributed by atoms with Gasteiger partial charge >= 0.3 is 0 Å². The Bertz CT molecular complexity index is 1240. The first kappa shape index (κ1) is 26.0. The number of Topliss-reactive ketones (excluding diaryl/α,β-unsaturated/α-hetero) is 1. The maximum atomic E-state index is 13.9. The van der Waals surface area contributed by atoms with Crippen molar-refractivity contribution in [2.45, 2.75) is 44.4 Å². The Morgan fingerprint density at radius 3 is 2.18 bits per heavy atom. The van der Waals surface area contributed by atoms with E-state index in [0.717, 1.165) is 37.3 Å². The summed E-state index contributed by atoms with van der Waals surface area (Å²) in [6.45, 7) is 2.85. The number of amides is 1. The number of likely N-dealkylation sites (tertiary alicyclic amines) is 1. The summed E-state index contributed by atoms with van der Waals surface area (Å²) < 4.78 is 26.1. The second-order valence-electron chi connectivity index (χ2n) is 10.3. The molecule has 0 unspecified atom stereocenters. The van der Waals surface area contributed by atoms with Gasteiger partial charge in [0.25, 0.3) is 0 Å². The van der Waals surface area contributed by atoms with Crippen LogP contribution in [0.1, 0.15) is 47.2 Å². The average Bonchev–Trinajstić information content (AvgIpc) is 3.21. The summed E-state index contributed by atoms with van der Waals surface area (Å²) in [5.74, 6) is -0.181. The van der Waals surface area contributed by atoms with E-state index in [2.05, 4.69) is 21.9 Å². The molecule has 0 bridgehead atoms. The molecule has 198 valence electrons. The Morgan fingerprint density at radius 1 is 0.868 bits per heavy atom. The smallest absolute Gasteiger partial charge is 0.250 e. The van der Waals surface area contributed by atoms with Crippen molar-refractivity contribution in [2.75, 3.05) is 31.2 Å². The third-order valence-corrected chi connectivity index (χ3v) is 7.86. The van der Waals surface area contributed by atoms with Crippen LogP contribution in [0.25, 0.3) is 0 Å². The molecule has 2 aliphatic heterocycles. The second-order valence-corrected chi connectivity index (χ2v) is 10.3. The molecule has 0 saturated carbocycles. The van der Waals surface area contributed by atoms with Gasteiger partial charge < -0.3 is 14.7 Å². The van der Waals surface area contributed by atoms with Gasteiger partial charge in [0.2, 0.25) is 5.91 Å². The minimum Gasteiger partial charge on any atom is -0.339 e. The van der Waals surface area contributed by atoms with Gasteiger partial charge in [0, 0.05) is 37.3 Å². The van der Waals surface area contributed by atoms with Crippen LogP contribution in [-0.4, -0.2) is 53.3 Å². The van der Waals surface area contributed by atoms with Crippen LogP contribution in [0, 0.1) is 5.82 Å². The number of carbonyl (C=O) groups is 2. The van der Waals surface area contributed by atoms with E-state index >= 15 is 0 Å². The van der Waals surface area contributed by atoms with Crippen molar-refractivity contribution in [3.63, 3.8) is 0 Å². The van der Waals surface area contributed by atoms with Crippen molar-refractivity contribution in [1.82, 2.24) is 9.80 Å². The van der Waals surface area contributed by atoms with Crippen LogP contribution in [0.4, 0.5) is 14.5 Å². The van der Waals surface area contributed by atoms with E-state index < -0.39 is 12.2 Å². The predicted octanol–water partition coefficient (Wildman–Crippen LogP) is 5.60. The highest BCUT2D eigenvalue weighted by Crippen LogP contribution is 2.40. The zero-order valence-electron chi connectivity index (χ0n) is 21.5. The number of anilines is 1. The number of rotatable bonds is 9. The number of ketones is 1. The molecule has 3 aromatic carbocycles. The molecular weight excluding hydrogens is 483 g/mol. The fourth-order valence-electron chi connectivity index (χ4n) is 5.67. The predicted molar refractivity (Wildman–Crippen MR) is 144 cm³/mol. The van der Waals surface area contributed by atoms with Gasteiger partial charge in [-0.25, -0.2) is 8.78 Å². The molecule has 1 amide bonds. The molecule has 2 heterocycles. The number of alkyl halides is 1. The molecule has 0 radical (unpaired) electrons. The molecule has 5 rings (SSSR count). The Morgan fingerprint density at radius 2 is 1.53 bits per heavy atom. The number of carbonyl (C=O) groups excluding carboxylic acids is 2. The van der Waals surface area contributed by atoms with E-state index in [4.69, 9.17) is 0 Å². The number of para-hydroxylation sites is 1. The standard InChI is InChI=1S/C31H33F2N3O2/c32-21-24-8-10-25(11-9-24)22-35-23-36(28-5-2-1-3-6-28)31(30(35)38)16-19-34(20-17-31)18-4-7-29(37)26-12-14-27(33)15-13-26/h1-3,5-6,8-15H,4,7,16-23H2/i32-1. The highest BCUT2D eigenvalue weighted by Gasteiger charge is 2.53. The molecule has 0 aliphatic carbocycles. The summed E-state index contributed by atoms with van der Waals surface area (Å²) in [7, 11) is 0.